The van der Waals surface area contributed by atoms with Crippen LogP contribution in [0.25, 0.3) is 0 Å². The van der Waals surface area contributed by atoms with Crippen LogP contribution in [0.2, 0.25) is 0 Å². The van der Waals surface area contributed by atoms with Crippen LogP contribution in [0.4, 0.5) is 19.0 Å². The Bertz CT molecular complexity index is 697. The maximum absolute atomic E-state index is 12.8. The Kier molecular flexibility index (Phi) is 6.08. The predicted octanol–water partition coefficient (Wildman–Crippen LogP) is 0.505. The van der Waals surface area contributed by atoms with Crippen molar-refractivity contribution in [1.82, 2.24) is 19.8 Å². The summed E-state index contributed by atoms with van der Waals surface area (Å²) in [5.74, 6) is -0.150. The van der Waals surface area contributed by atoms with Crippen molar-refractivity contribution in [3.63, 3.8) is 0 Å². The van der Waals surface area contributed by atoms with Gasteiger partial charge < -0.3 is 25.2 Å². The Hall–Kier alpha value is -1.95. The molecule has 1 aromatic heterocycles. The number of nitrogens with one attached hydrogen (secondary N) is 1. The molecule has 0 spiro atoms. The zero-order valence-electron chi connectivity index (χ0n) is 15.4. The number of aromatic nitrogens is 2. The average Bonchev–Trinajstić information content (AvgIpc) is 2.65. The number of piperazine rings is 1. The van der Waals surface area contributed by atoms with E-state index in [9.17, 15) is 23.4 Å². The van der Waals surface area contributed by atoms with E-state index in [2.05, 4.69) is 26.8 Å². The number of anilines is 1. The van der Waals surface area contributed by atoms with Gasteiger partial charge in [0.05, 0.1) is 25.0 Å². The number of rotatable bonds is 4. The lowest BCUT2D eigenvalue weighted by atomic mass is 10.0. The van der Waals surface area contributed by atoms with Crippen LogP contribution in [-0.4, -0.2) is 87.2 Å². The quantitative estimate of drug-likeness (QED) is 0.670. The van der Waals surface area contributed by atoms with Crippen LogP contribution in [0.5, 0.6) is 0 Å². The number of aliphatic hydroxyl groups excluding tert-OH is 2. The van der Waals surface area contributed by atoms with Gasteiger partial charge in [-0.15, -0.1) is 0 Å². The van der Waals surface area contributed by atoms with Crippen LogP contribution in [-0.2, 0) is 10.9 Å². The van der Waals surface area contributed by atoms with E-state index in [0.717, 1.165) is 25.0 Å². The molecule has 2 fully saturated rings. The van der Waals surface area contributed by atoms with E-state index in [4.69, 9.17) is 4.74 Å². The number of halogens is 3. The van der Waals surface area contributed by atoms with Crippen molar-refractivity contribution < 1.29 is 28.1 Å². The fraction of sp³-hybridized carbons (Fsp3) is 0.647. The highest BCUT2D eigenvalue weighted by Crippen LogP contribution is 2.28. The van der Waals surface area contributed by atoms with Crippen LogP contribution in [0, 0.1) is 0 Å². The van der Waals surface area contributed by atoms with E-state index in [1.165, 1.54) is 0 Å². The first-order valence-electron chi connectivity index (χ1n) is 8.95. The Morgan fingerprint density at radius 1 is 1.21 bits per heavy atom. The third kappa shape index (κ3) is 4.54. The second-order valence-electron chi connectivity index (χ2n) is 7.00. The molecule has 0 aliphatic carbocycles. The van der Waals surface area contributed by atoms with Gasteiger partial charge in [-0.25, -0.2) is 4.98 Å². The van der Waals surface area contributed by atoms with Crippen LogP contribution in [0.3, 0.4) is 0 Å². The van der Waals surface area contributed by atoms with Crippen LogP contribution < -0.4 is 5.32 Å². The summed E-state index contributed by atoms with van der Waals surface area (Å²) in [5.41, 5.74) is -0.172. The highest BCUT2D eigenvalue weighted by atomic mass is 19.4. The van der Waals surface area contributed by atoms with Gasteiger partial charge in [-0.3, -0.25) is 9.88 Å². The molecule has 28 heavy (non-hydrogen) atoms. The molecule has 156 valence electrons. The van der Waals surface area contributed by atoms with Gasteiger partial charge >= 0.3 is 6.18 Å². The van der Waals surface area contributed by atoms with Crippen molar-refractivity contribution >= 4 is 5.82 Å². The van der Waals surface area contributed by atoms with Crippen molar-refractivity contribution in [2.24, 2.45) is 0 Å². The van der Waals surface area contributed by atoms with E-state index < -0.39 is 36.3 Å². The van der Waals surface area contributed by atoms with Gasteiger partial charge in [0.2, 0.25) is 0 Å². The molecule has 1 unspecified atom stereocenters. The van der Waals surface area contributed by atoms with Crippen molar-refractivity contribution in [3.05, 3.63) is 30.4 Å². The van der Waals surface area contributed by atoms with Crippen molar-refractivity contribution in [2.45, 2.75) is 37.6 Å². The fourth-order valence-corrected chi connectivity index (χ4v) is 3.37. The molecule has 3 rings (SSSR count). The summed E-state index contributed by atoms with van der Waals surface area (Å²) in [5, 5.41) is 23.6. The SMILES string of the molecule is C=C(C)N1CCN([C@H]2OCC(Nc3cncc(C(F)(F)F)n3)[C@@H](O)[C@H]2O)CC1. The van der Waals surface area contributed by atoms with Crippen LogP contribution in [0.1, 0.15) is 12.6 Å². The molecule has 0 amide bonds. The third-order valence-corrected chi connectivity index (χ3v) is 4.97. The van der Waals surface area contributed by atoms with E-state index >= 15 is 0 Å². The summed E-state index contributed by atoms with van der Waals surface area (Å²) in [7, 11) is 0. The summed E-state index contributed by atoms with van der Waals surface area (Å²) in [4.78, 5) is 11.0. The van der Waals surface area contributed by atoms with Gasteiger partial charge in [0, 0.05) is 31.9 Å². The second kappa shape index (κ2) is 8.19. The first-order valence-corrected chi connectivity index (χ1v) is 8.95. The summed E-state index contributed by atoms with van der Waals surface area (Å²) in [6.45, 7) is 8.59. The van der Waals surface area contributed by atoms with Gasteiger partial charge in [-0.2, -0.15) is 13.2 Å². The van der Waals surface area contributed by atoms with Gasteiger partial charge in [-0.05, 0) is 6.92 Å². The van der Waals surface area contributed by atoms with Crippen molar-refractivity contribution in [3.8, 4) is 0 Å². The molecular weight excluding hydrogens is 379 g/mol. The molecule has 0 bridgehead atoms. The molecule has 3 N–H and O–H groups in total. The van der Waals surface area contributed by atoms with E-state index in [0.29, 0.717) is 19.3 Å². The molecular formula is C17H24F3N5O3. The van der Waals surface area contributed by atoms with Crippen molar-refractivity contribution in [1.29, 1.82) is 0 Å². The number of allylic oxidation sites excluding steroid dienone is 1. The lowest BCUT2D eigenvalue weighted by Crippen LogP contribution is -2.63. The molecule has 2 aliphatic heterocycles. The number of ether oxygens (including phenoxy) is 1. The molecule has 0 saturated carbocycles. The standard InChI is InChI=1S/C17H24F3N5O3/c1-10(2)24-3-5-25(6-4-24)16-15(27)14(26)11(9-28-16)22-13-8-21-7-12(23-13)17(18,19)20/h7-8,11,14-16,26-27H,1,3-6,9H2,2H3,(H,22,23)/t11?,14-,15-,16+/m1/s1. The lowest BCUT2D eigenvalue weighted by Gasteiger charge is -2.46. The Balaban J connectivity index is 1.60. The van der Waals surface area contributed by atoms with E-state index in [1.54, 1.807) is 0 Å². The Labute approximate surface area is 160 Å². The molecule has 2 aliphatic rings. The number of aliphatic hydroxyl groups is 2. The number of hydrogen-bond donors (Lipinski definition) is 3. The van der Waals surface area contributed by atoms with E-state index in [1.807, 2.05) is 11.8 Å². The Morgan fingerprint density at radius 2 is 1.89 bits per heavy atom. The summed E-state index contributed by atoms with van der Waals surface area (Å²) in [6.07, 6.45) is -6.03. The minimum atomic E-state index is -4.62. The molecule has 4 atom stereocenters. The summed E-state index contributed by atoms with van der Waals surface area (Å²) < 4.78 is 44.0. The highest BCUT2D eigenvalue weighted by Gasteiger charge is 2.42. The van der Waals surface area contributed by atoms with Crippen LogP contribution >= 0.6 is 0 Å². The average molecular weight is 403 g/mol. The number of nitrogens with zero attached hydrogens (tertiary/aromatic N) is 4. The largest absolute Gasteiger partial charge is 0.434 e. The maximum Gasteiger partial charge on any atom is 0.434 e. The van der Waals surface area contributed by atoms with Gasteiger partial charge in [0.15, 0.2) is 5.69 Å². The zero-order chi connectivity index (χ0) is 20.5. The van der Waals surface area contributed by atoms with Crippen LogP contribution in [0.15, 0.2) is 24.7 Å². The minimum Gasteiger partial charge on any atom is -0.388 e. The lowest BCUT2D eigenvalue weighted by molar-refractivity contribution is -0.199. The molecule has 0 aromatic carbocycles. The van der Waals surface area contributed by atoms with Crippen molar-refractivity contribution in [2.75, 3.05) is 38.1 Å². The van der Waals surface area contributed by atoms with Gasteiger partial charge in [0.25, 0.3) is 0 Å². The first-order chi connectivity index (χ1) is 13.2. The topological polar surface area (TPSA) is 94.0 Å². The molecule has 8 nitrogen and oxygen atoms in total. The summed E-state index contributed by atoms with van der Waals surface area (Å²) in [6, 6.07) is -0.819. The van der Waals surface area contributed by atoms with Gasteiger partial charge in [-0.1, -0.05) is 6.58 Å². The number of alkyl halides is 3. The monoisotopic (exact) mass is 403 g/mol. The predicted molar refractivity (Wildman–Crippen MR) is 94.2 cm³/mol. The fourth-order valence-electron chi connectivity index (χ4n) is 3.37. The van der Waals surface area contributed by atoms with Gasteiger partial charge in [0.1, 0.15) is 24.3 Å². The van der Waals surface area contributed by atoms with E-state index in [-0.39, 0.29) is 12.4 Å². The summed E-state index contributed by atoms with van der Waals surface area (Å²) >= 11 is 0. The molecule has 1 aromatic rings. The first kappa shape index (κ1) is 20.8. The Morgan fingerprint density at radius 3 is 2.50 bits per heavy atom. The highest BCUT2D eigenvalue weighted by molar-refractivity contribution is 5.34. The smallest absolute Gasteiger partial charge is 0.388 e. The zero-order valence-corrected chi connectivity index (χ0v) is 15.4. The second-order valence-corrected chi connectivity index (χ2v) is 7.00. The molecule has 11 heteroatoms. The molecule has 2 saturated heterocycles. The minimum absolute atomic E-state index is 0.00151. The molecule has 3 heterocycles. The maximum atomic E-state index is 12.8. The third-order valence-electron chi connectivity index (χ3n) is 4.97. The molecule has 0 radical (unpaired) electrons. The normalized spacial score (nSPS) is 29.6. The number of hydrogen-bond acceptors (Lipinski definition) is 8.